The average molecular weight is 379 g/mol. The van der Waals surface area contributed by atoms with Crippen LogP contribution in [0, 0.1) is 0 Å². The molecule has 0 aromatic rings. The lowest BCUT2D eigenvalue weighted by Crippen LogP contribution is -2.15. The maximum absolute atomic E-state index is 12.0. The highest BCUT2D eigenvalue weighted by Gasteiger charge is 2.21. The van der Waals surface area contributed by atoms with Gasteiger partial charge in [0, 0.05) is 18.1 Å². The van der Waals surface area contributed by atoms with Crippen LogP contribution in [0.2, 0.25) is 0 Å². The number of aliphatic carboxylic acids is 1. The second-order valence-electron chi connectivity index (χ2n) is 7.25. The van der Waals surface area contributed by atoms with Gasteiger partial charge in [-0.1, -0.05) is 64.2 Å². The third-order valence-corrected chi connectivity index (χ3v) is 4.91. The zero-order valence-electron chi connectivity index (χ0n) is 16.6. The molecule has 1 N–H and O–H groups in total. The van der Waals surface area contributed by atoms with E-state index in [2.05, 4.69) is 0 Å². The summed E-state index contributed by atoms with van der Waals surface area (Å²) in [7, 11) is 1.42. The summed E-state index contributed by atoms with van der Waals surface area (Å²) in [5, 5.41) is 8.56. The van der Waals surface area contributed by atoms with Crippen molar-refractivity contribution >= 4 is 17.5 Å². The molecule has 152 valence electrons. The SMILES string of the molecule is COC1=CC(=O)C=C(CCCCCCCCCCCCCCC(=O)O)C1=O. The van der Waals surface area contributed by atoms with Crippen molar-refractivity contribution in [1.29, 1.82) is 0 Å². The third-order valence-electron chi connectivity index (χ3n) is 4.91. The summed E-state index contributed by atoms with van der Waals surface area (Å²) in [6.07, 6.45) is 17.2. The minimum absolute atomic E-state index is 0.152. The molecule has 0 radical (unpaired) electrons. The van der Waals surface area contributed by atoms with E-state index in [1.807, 2.05) is 0 Å². The minimum atomic E-state index is -0.692. The van der Waals surface area contributed by atoms with Gasteiger partial charge in [-0.2, -0.15) is 0 Å². The summed E-state index contributed by atoms with van der Waals surface area (Å²) in [5.74, 6) is -0.857. The van der Waals surface area contributed by atoms with Crippen molar-refractivity contribution in [3.05, 3.63) is 23.5 Å². The van der Waals surface area contributed by atoms with Crippen molar-refractivity contribution in [3.63, 3.8) is 0 Å². The van der Waals surface area contributed by atoms with Gasteiger partial charge in [-0.3, -0.25) is 14.4 Å². The summed E-state index contributed by atoms with van der Waals surface area (Å²) < 4.78 is 4.96. The number of carbonyl (C=O) groups is 3. The van der Waals surface area contributed by atoms with Gasteiger partial charge in [0.1, 0.15) is 0 Å². The van der Waals surface area contributed by atoms with E-state index < -0.39 is 5.97 Å². The molecule has 0 saturated heterocycles. The van der Waals surface area contributed by atoms with Gasteiger partial charge >= 0.3 is 5.97 Å². The number of methoxy groups -OCH3 is 1. The van der Waals surface area contributed by atoms with E-state index >= 15 is 0 Å². The van der Waals surface area contributed by atoms with E-state index in [1.54, 1.807) is 0 Å². The predicted molar refractivity (Wildman–Crippen MR) is 105 cm³/mol. The van der Waals surface area contributed by atoms with Crippen LogP contribution in [0.5, 0.6) is 0 Å². The number of allylic oxidation sites excluding steroid dienone is 3. The summed E-state index contributed by atoms with van der Waals surface area (Å²) in [6.45, 7) is 0. The highest BCUT2D eigenvalue weighted by molar-refractivity contribution is 6.19. The number of hydrogen-bond acceptors (Lipinski definition) is 4. The van der Waals surface area contributed by atoms with Gasteiger partial charge in [-0.15, -0.1) is 0 Å². The minimum Gasteiger partial charge on any atom is -0.493 e. The molecule has 0 aromatic heterocycles. The van der Waals surface area contributed by atoms with Crippen LogP contribution in [0.4, 0.5) is 0 Å². The number of carboxylic acid groups (broad SMARTS) is 1. The zero-order valence-corrected chi connectivity index (χ0v) is 16.6. The van der Waals surface area contributed by atoms with Crippen LogP contribution in [-0.4, -0.2) is 29.8 Å². The van der Waals surface area contributed by atoms with Crippen LogP contribution in [0.25, 0.3) is 0 Å². The first-order chi connectivity index (χ1) is 13.0. The lowest BCUT2D eigenvalue weighted by atomic mass is 9.96. The molecular weight excluding hydrogens is 344 g/mol. The molecule has 0 amide bonds. The van der Waals surface area contributed by atoms with Gasteiger partial charge in [0.15, 0.2) is 11.5 Å². The molecule has 5 nitrogen and oxygen atoms in total. The maximum atomic E-state index is 12.0. The Morgan fingerprint density at radius 1 is 0.815 bits per heavy atom. The van der Waals surface area contributed by atoms with Gasteiger partial charge in [-0.25, -0.2) is 0 Å². The van der Waals surface area contributed by atoms with Crippen LogP contribution in [0.3, 0.4) is 0 Å². The van der Waals surface area contributed by atoms with Crippen LogP contribution in [0.15, 0.2) is 23.5 Å². The molecular formula is C22H34O5. The van der Waals surface area contributed by atoms with Crippen LogP contribution in [0.1, 0.15) is 89.9 Å². The maximum Gasteiger partial charge on any atom is 0.303 e. The van der Waals surface area contributed by atoms with Crippen molar-refractivity contribution in [1.82, 2.24) is 0 Å². The Morgan fingerprint density at radius 3 is 1.78 bits per heavy atom. The van der Waals surface area contributed by atoms with Crippen LogP contribution < -0.4 is 0 Å². The fraction of sp³-hybridized carbons (Fsp3) is 0.682. The van der Waals surface area contributed by atoms with Gasteiger partial charge in [0.05, 0.1) is 7.11 Å². The zero-order chi connectivity index (χ0) is 19.9. The lowest BCUT2D eigenvalue weighted by Gasteiger charge is -2.12. The number of Topliss-reactive ketones (excluding diaryl/α,β-unsaturated/α-hetero) is 1. The second kappa shape index (κ2) is 14.2. The Balaban J connectivity index is 1.92. The smallest absolute Gasteiger partial charge is 0.303 e. The fourth-order valence-corrected chi connectivity index (χ4v) is 3.33. The lowest BCUT2D eigenvalue weighted by molar-refractivity contribution is -0.137. The Hall–Kier alpha value is -1.91. The Labute approximate surface area is 162 Å². The average Bonchev–Trinajstić information content (AvgIpc) is 2.64. The van der Waals surface area contributed by atoms with E-state index in [0.717, 1.165) is 38.5 Å². The Bertz CT molecular complexity index is 545. The van der Waals surface area contributed by atoms with Gasteiger partial charge < -0.3 is 9.84 Å². The van der Waals surface area contributed by atoms with Crippen LogP contribution >= 0.6 is 0 Å². The molecule has 1 aliphatic rings. The molecule has 5 heteroatoms. The molecule has 0 saturated carbocycles. The Morgan fingerprint density at radius 2 is 1.30 bits per heavy atom. The first-order valence-corrected chi connectivity index (χ1v) is 10.3. The van der Waals surface area contributed by atoms with Crippen molar-refractivity contribution in [3.8, 4) is 0 Å². The number of unbranched alkanes of at least 4 members (excludes halogenated alkanes) is 11. The Kier molecular flexibility index (Phi) is 12.2. The monoisotopic (exact) mass is 378 g/mol. The normalized spacial score (nSPS) is 14.1. The molecule has 27 heavy (non-hydrogen) atoms. The van der Waals surface area contributed by atoms with E-state index in [0.29, 0.717) is 18.4 Å². The number of carbonyl (C=O) groups excluding carboxylic acids is 2. The molecule has 0 heterocycles. The van der Waals surface area contributed by atoms with Gasteiger partial charge in [-0.05, 0) is 25.3 Å². The number of hydrogen-bond donors (Lipinski definition) is 1. The summed E-state index contributed by atoms with van der Waals surface area (Å²) >= 11 is 0. The molecule has 1 aliphatic carbocycles. The number of ketones is 2. The van der Waals surface area contributed by atoms with Crippen molar-refractivity contribution < 1.29 is 24.2 Å². The van der Waals surface area contributed by atoms with Crippen molar-refractivity contribution in [2.24, 2.45) is 0 Å². The molecule has 0 bridgehead atoms. The van der Waals surface area contributed by atoms with E-state index in [9.17, 15) is 14.4 Å². The number of carboxylic acids is 1. The van der Waals surface area contributed by atoms with Crippen molar-refractivity contribution in [2.45, 2.75) is 89.9 Å². The quantitative estimate of drug-likeness (QED) is 0.297. The highest BCUT2D eigenvalue weighted by atomic mass is 16.5. The largest absolute Gasteiger partial charge is 0.493 e. The molecule has 1 rings (SSSR count). The molecule has 0 spiro atoms. The summed E-state index contributed by atoms with van der Waals surface area (Å²) in [4.78, 5) is 34.0. The highest BCUT2D eigenvalue weighted by Crippen LogP contribution is 2.20. The van der Waals surface area contributed by atoms with Crippen LogP contribution in [-0.2, 0) is 19.1 Å². The van der Waals surface area contributed by atoms with Gasteiger partial charge in [0.2, 0.25) is 5.78 Å². The molecule has 0 aromatic carbocycles. The first-order valence-electron chi connectivity index (χ1n) is 10.3. The topological polar surface area (TPSA) is 80.7 Å². The first kappa shape index (κ1) is 23.1. The molecule has 0 atom stereocenters. The number of rotatable bonds is 16. The fourth-order valence-electron chi connectivity index (χ4n) is 3.33. The standard InChI is InChI=1S/C22H34O5/c1-27-20-17-19(23)16-18(22(20)26)14-12-10-8-6-4-2-3-5-7-9-11-13-15-21(24)25/h16-17H,2-15H2,1H3,(H,24,25). The third kappa shape index (κ3) is 10.7. The van der Waals surface area contributed by atoms with E-state index in [4.69, 9.17) is 9.84 Å². The second-order valence-corrected chi connectivity index (χ2v) is 7.25. The summed E-state index contributed by atoms with van der Waals surface area (Å²) in [6, 6.07) is 0. The molecule has 0 unspecified atom stereocenters. The van der Waals surface area contributed by atoms with E-state index in [1.165, 1.54) is 57.8 Å². The van der Waals surface area contributed by atoms with Crippen molar-refractivity contribution in [2.75, 3.05) is 7.11 Å². The number of ether oxygens (including phenoxy) is 1. The summed E-state index contributed by atoms with van der Waals surface area (Å²) in [5.41, 5.74) is 0.572. The predicted octanol–water partition coefficient (Wildman–Crippen LogP) is 5.14. The van der Waals surface area contributed by atoms with E-state index in [-0.39, 0.29) is 17.3 Å². The molecule has 0 fully saturated rings. The molecule has 0 aliphatic heterocycles. The van der Waals surface area contributed by atoms with Gasteiger partial charge in [0.25, 0.3) is 0 Å².